The molecule has 0 bridgehead atoms. The topological polar surface area (TPSA) is 17.8 Å². The van der Waals surface area contributed by atoms with Crippen molar-refractivity contribution < 1.29 is 0 Å². The van der Waals surface area contributed by atoms with Gasteiger partial charge in [-0.05, 0) is 19.1 Å². The second kappa shape index (κ2) is 4.85. The summed E-state index contributed by atoms with van der Waals surface area (Å²) in [5.41, 5.74) is 2.31. The number of benzene rings is 1. The Kier molecular flexibility index (Phi) is 3.26. The average molecular weight is 212 g/mol. The van der Waals surface area contributed by atoms with Crippen LogP contribution in [0.2, 0.25) is 0 Å². The van der Waals surface area contributed by atoms with Crippen molar-refractivity contribution in [3.63, 3.8) is 0 Å². The van der Waals surface area contributed by atoms with Gasteiger partial charge in [0.25, 0.3) is 0 Å². The van der Waals surface area contributed by atoms with Gasteiger partial charge in [0, 0.05) is 19.4 Å². The second-order valence-electron chi connectivity index (χ2n) is 3.70. The quantitative estimate of drug-likeness (QED) is 0.715. The summed E-state index contributed by atoms with van der Waals surface area (Å²) in [6.07, 6.45) is 1.86. The maximum Gasteiger partial charge on any atom is 0.109 e. The van der Waals surface area contributed by atoms with Gasteiger partial charge >= 0.3 is 0 Å². The lowest BCUT2D eigenvalue weighted by Crippen LogP contribution is -2.02. The van der Waals surface area contributed by atoms with Crippen molar-refractivity contribution in [3.8, 4) is 11.8 Å². The largest absolute Gasteiger partial charge is 0.327 e. The van der Waals surface area contributed by atoms with Crippen molar-refractivity contribution >= 4 is 11.0 Å². The number of fused-ring (bicyclic) bond motifs is 1. The summed E-state index contributed by atoms with van der Waals surface area (Å²) >= 11 is 0. The standard InChI is InChI=1S/C14H16N2/c1-3-5-8-11-16-13-10-7-6-9-12(13)15-14(16)4-2/h6-7,9-10H,4,8,11H2,1-2H3. The molecule has 16 heavy (non-hydrogen) atoms. The van der Waals surface area contributed by atoms with E-state index in [0.29, 0.717) is 0 Å². The molecule has 2 heteroatoms. The summed E-state index contributed by atoms with van der Waals surface area (Å²) in [4.78, 5) is 4.62. The molecule has 0 atom stereocenters. The monoisotopic (exact) mass is 212 g/mol. The lowest BCUT2D eigenvalue weighted by atomic mass is 10.3. The first kappa shape index (κ1) is 10.8. The Hall–Kier alpha value is -1.75. The number of nitrogens with zero attached hydrogens (tertiary/aromatic N) is 2. The Labute approximate surface area is 96.3 Å². The highest BCUT2D eigenvalue weighted by Gasteiger charge is 2.07. The molecule has 1 heterocycles. The Balaban J connectivity index is 2.41. The number of aryl methyl sites for hydroxylation is 2. The molecule has 1 aromatic heterocycles. The molecule has 0 spiro atoms. The molecular weight excluding hydrogens is 196 g/mol. The highest BCUT2D eigenvalue weighted by molar-refractivity contribution is 5.75. The third-order valence-electron chi connectivity index (χ3n) is 2.69. The molecule has 82 valence electrons. The van der Waals surface area contributed by atoms with Crippen LogP contribution in [-0.4, -0.2) is 9.55 Å². The fraction of sp³-hybridized carbons (Fsp3) is 0.357. The zero-order chi connectivity index (χ0) is 11.4. The summed E-state index contributed by atoms with van der Waals surface area (Å²) in [6.45, 7) is 4.96. The number of rotatable bonds is 3. The van der Waals surface area contributed by atoms with Crippen molar-refractivity contribution in [1.82, 2.24) is 9.55 Å². The Morgan fingerprint density at radius 2 is 2.12 bits per heavy atom. The Morgan fingerprint density at radius 3 is 2.88 bits per heavy atom. The molecule has 0 unspecified atom stereocenters. The predicted octanol–water partition coefficient (Wildman–Crippen LogP) is 3.01. The van der Waals surface area contributed by atoms with Gasteiger partial charge in [-0.25, -0.2) is 4.98 Å². The number of aromatic nitrogens is 2. The number of imidazole rings is 1. The molecule has 0 radical (unpaired) electrons. The first-order valence-electron chi connectivity index (χ1n) is 5.70. The van der Waals surface area contributed by atoms with Crippen molar-refractivity contribution in [3.05, 3.63) is 30.1 Å². The molecular formula is C14H16N2. The summed E-state index contributed by atoms with van der Waals surface area (Å²) in [5, 5.41) is 0. The van der Waals surface area contributed by atoms with Crippen LogP contribution in [0.25, 0.3) is 11.0 Å². The van der Waals surface area contributed by atoms with E-state index in [-0.39, 0.29) is 0 Å². The van der Waals surface area contributed by atoms with Gasteiger partial charge in [-0.1, -0.05) is 19.1 Å². The van der Waals surface area contributed by atoms with E-state index in [2.05, 4.69) is 46.5 Å². The predicted molar refractivity (Wildman–Crippen MR) is 67.2 cm³/mol. The fourth-order valence-electron chi connectivity index (χ4n) is 1.94. The van der Waals surface area contributed by atoms with Crippen LogP contribution in [0.1, 0.15) is 26.1 Å². The lowest BCUT2D eigenvalue weighted by molar-refractivity contribution is 0.692. The van der Waals surface area contributed by atoms with Crippen LogP contribution < -0.4 is 0 Å². The van der Waals surface area contributed by atoms with Crippen molar-refractivity contribution in [2.45, 2.75) is 33.2 Å². The number of para-hydroxylation sites is 2. The van der Waals surface area contributed by atoms with Gasteiger partial charge in [0.15, 0.2) is 0 Å². The molecule has 2 nitrogen and oxygen atoms in total. The van der Waals surface area contributed by atoms with Crippen molar-refractivity contribution in [2.24, 2.45) is 0 Å². The van der Waals surface area contributed by atoms with E-state index in [1.54, 1.807) is 0 Å². The van der Waals surface area contributed by atoms with E-state index in [1.807, 2.05) is 13.0 Å². The van der Waals surface area contributed by atoms with Gasteiger partial charge in [-0.3, -0.25) is 0 Å². The van der Waals surface area contributed by atoms with Gasteiger partial charge < -0.3 is 4.57 Å². The maximum atomic E-state index is 4.62. The van der Waals surface area contributed by atoms with Crippen LogP contribution in [0.15, 0.2) is 24.3 Å². The van der Waals surface area contributed by atoms with Crippen LogP contribution in [0.5, 0.6) is 0 Å². The number of hydrogen-bond acceptors (Lipinski definition) is 1. The van der Waals surface area contributed by atoms with Crippen LogP contribution >= 0.6 is 0 Å². The van der Waals surface area contributed by atoms with Crippen LogP contribution in [-0.2, 0) is 13.0 Å². The average Bonchev–Trinajstić information content (AvgIpc) is 2.68. The minimum Gasteiger partial charge on any atom is -0.327 e. The lowest BCUT2D eigenvalue weighted by Gasteiger charge is -2.04. The molecule has 0 aliphatic heterocycles. The van der Waals surface area contributed by atoms with Crippen molar-refractivity contribution in [2.75, 3.05) is 0 Å². The maximum absolute atomic E-state index is 4.62. The smallest absolute Gasteiger partial charge is 0.109 e. The summed E-state index contributed by atoms with van der Waals surface area (Å²) in [5.74, 6) is 7.19. The Morgan fingerprint density at radius 1 is 1.31 bits per heavy atom. The zero-order valence-corrected chi connectivity index (χ0v) is 9.83. The molecule has 1 aromatic carbocycles. The van der Waals surface area contributed by atoms with Gasteiger partial charge in [0.1, 0.15) is 5.82 Å². The molecule has 2 rings (SSSR count). The fourth-order valence-corrected chi connectivity index (χ4v) is 1.94. The van der Waals surface area contributed by atoms with E-state index in [4.69, 9.17) is 0 Å². The van der Waals surface area contributed by atoms with Gasteiger partial charge in [0.05, 0.1) is 11.0 Å². The van der Waals surface area contributed by atoms with Gasteiger partial charge in [-0.15, -0.1) is 11.8 Å². The van der Waals surface area contributed by atoms with E-state index in [1.165, 1.54) is 5.52 Å². The molecule has 0 aliphatic carbocycles. The third kappa shape index (κ3) is 1.94. The summed E-state index contributed by atoms with van der Waals surface area (Å²) < 4.78 is 2.28. The second-order valence-corrected chi connectivity index (χ2v) is 3.70. The minimum absolute atomic E-state index is 0.893. The normalized spacial score (nSPS) is 10.1. The van der Waals surface area contributed by atoms with Gasteiger partial charge in [0.2, 0.25) is 0 Å². The SMILES string of the molecule is CC#CCCn1c(CC)nc2ccccc21. The molecule has 0 N–H and O–H groups in total. The minimum atomic E-state index is 0.893. The third-order valence-corrected chi connectivity index (χ3v) is 2.69. The van der Waals surface area contributed by atoms with Crippen LogP contribution in [0.3, 0.4) is 0 Å². The van der Waals surface area contributed by atoms with Crippen molar-refractivity contribution in [1.29, 1.82) is 0 Å². The summed E-state index contributed by atoms with van der Waals surface area (Å²) in [7, 11) is 0. The zero-order valence-electron chi connectivity index (χ0n) is 9.83. The molecule has 0 saturated carbocycles. The first-order valence-corrected chi connectivity index (χ1v) is 5.70. The highest BCUT2D eigenvalue weighted by Crippen LogP contribution is 2.16. The molecule has 0 saturated heterocycles. The first-order chi connectivity index (χ1) is 7.86. The highest BCUT2D eigenvalue weighted by atomic mass is 15.1. The van der Waals surface area contributed by atoms with E-state index >= 15 is 0 Å². The van der Waals surface area contributed by atoms with Gasteiger partial charge in [-0.2, -0.15) is 0 Å². The van der Waals surface area contributed by atoms with Crippen LogP contribution in [0.4, 0.5) is 0 Å². The van der Waals surface area contributed by atoms with E-state index < -0.39 is 0 Å². The molecule has 2 aromatic rings. The molecule has 0 amide bonds. The molecule has 0 fully saturated rings. The number of hydrogen-bond donors (Lipinski definition) is 0. The Bertz CT molecular complexity index is 541. The summed E-state index contributed by atoms with van der Waals surface area (Å²) in [6, 6.07) is 8.29. The van der Waals surface area contributed by atoms with E-state index in [9.17, 15) is 0 Å². The van der Waals surface area contributed by atoms with E-state index in [0.717, 1.165) is 30.7 Å². The van der Waals surface area contributed by atoms with Crippen LogP contribution in [0, 0.1) is 11.8 Å². The molecule has 0 aliphatic rings.